The first kappa shape index (κ1) is 21.9. The van der Waals surface area contributed by atoms with Crippen molar-refractivity contribution in [2.75, 3.05) is 9.80 Å². The molecule has 0 radical (unpaired) electrons. The van der Waals surface area contributed by atoms with Crippen LogP contribution >= 0.6 is 0 Å². The average Bonchev–Trinajstić information content (AvgIpc) is 2.85. The summed E-state index contributed by atoms with van der Waals surface area (Å²) in [6.07, 6.45) is 0. The Labute approximate surface area is 207 Å². The van der Waals surface area contributed by atoms with Crippen LogP contribution in [0.1, 0.15) is 63.7 Å². The lowest BCUT2D eigenvalue weighted by Gasteiger charge is -2.33. The maximum absolute atomic E-state index is 13.7. The van der Waals surface area contributed by atoms with Crippen molar-refractivity contribution in [3.63, 3.8) is 0 Å². The normalized spacial score (nSPS) is 14.8. The number of amides is 4. The lowest BCUT2D eigenvalue weighted by molar-refractivity contribution is 0.0873. The molecular formula is C30H22N2O4. The highest BCUT2D eigenvalue weighted by Crippen LogP contribution is 2.41. The van der Waals surface area contributed by atoms with E-state index in [1.54, 1.807) is 24.3 Å². The van der Waals surface area contributed by atoms with Gasteiger partial charge in [-0.15, -0.1) is 0 Å². The third-order valence-corrected chi connectivity index (χ3v) is 7.11. The average molecular weight is 475 g/mol. The summed E-state index contributed by atoms with van der Waals surface area (Å²) in [6, 6.07) is 17.6. The van der Waals surface area contributed by atoms with Gasteiger partial charge in [0, 0.05) is 33.0 Å². The smallest absolute Gasteiger partial charge is 0.265 e. The number of anilines is 2. The van der Waals surface area contributed by atoms with Crippen LogP contribution < -0.4 is 9.80 Å². The van der Waals surface area contributed by atoms with Crippen LogP contribution in [0.2, 0.25) is 0 Å². The molecule has 176 valence electrons. The fourth-order valence-corrected chi connectivity index (χ4v) is 5.23. The minimum Gasteiger partial charge on any atom is -0.268 e. The second-order valence-corrected chi connectivity index (χ2v) is 9.54. The molecule has 0 spiro atoms. The van der Waals surface area contributed by atoms with Crippen LogP contribution in [0.15, 0.2) is 60.7 Å². The molecule has 4 amide bonds. The van der Waals surface area contributed by atoms with Crippen molar-refractivity contribution < 1.29 is 19.2 Å². The van der Waals surface area contributed by atoms with E-state index in [1.807, 2.05) is 64.1 Å². The van der Waals surface area contributed by atoms with E-state index in [4.69, 9.17) is 0 Å². The molecule has 0 unspecified atom stereocenters. The van der Waals surface area contributed by atoms with Crippen molar-refractivity contribution in [1.82, 2.24) is 0 Å². The SMILES string of the molecule is Cc1ccc(C)c(N2C(=O)c3ccc4c5c(ccc(c35)C2=O)C(=O)N(c2cc(C)ccc2C)C4=O)c1. The Bertz CT molecular complexity index is 1520. The fraction of sp³-hybridized carbons (Fsp3) is 0.133. The standard InChI is InChI=1S/C30H22N2O4/c1-15-5-7-17(3)23(13-15)31-27(33)19-9-11-21-26-22(12-10-20(25(19)26)28(31)34)30(36)32(29(21)35)24-14-16(2)6-8-18(24)4/h5-14H,1-4H3. The van der Waals surface area contributed by atoms with Crippen LogP contribution in [-0.2, 0) is 0 Å². The first-order chi connectivity index (χ1) is 17.2. The number of rotatable bonds is 2. The monoisotopic (exact) mass is 474 g/mol. The molecule has 0 saturated carbocycles. The van der Waals surface area contributed by atoms with Crippen LogP contribution in [0.4, 0.5) is 11.4 Å². The highest BCUT2D eigenvalue weighted by molar-refractivity contribution is 6.42. The van der Waals surface area contributed by atoms with Gasteiger partial charge in [0.1, 0.15) is 0 Å². The third-order valence-electron chi connectivity index (χ3n) is 7.11. The van der Waals surface area contributed by atoms with Gasteiger partial charge in [0.25, 0.3) is 23.6 Å². The molecule has 36 heavy (non-hydrogen) atoms. The summed E-state index contributed by atoms with van der Waals surface area (Å²) in [5.41, 5.74) is 5.69. The van der Waals surface area contributed by atoms with Gasteiger partial charge in [-0.05, 0) is 86.3 Å². The second-order valence-electron chi connectivity index (χ2n) is 9.54. The molecule has 0 saturated heterocycles. The Hall–Kier alpha value is -4.58. The van der Waals surface area contributed by atoms with E-state index in [0.717, 1.165) is 22.3 Å². The van der Waals surface area contributed by atoms with E-state index in [2.05, 4.69) is 0 Å². The lowest BCUT2D eigenvalue weighted by Crippen LogP contribution is -2.43. The molecule has 4 aromatic carbocycles. The van der Waals surface area contributed by atoms with Crippen molar-refractivity contribution in [3.8, 4) is 0 Å². The van der Waals surface area contributed by atoms with Gasteiger partial charge in [0.05, 0.1) is 11.4 Å². The zero-order valence-corrected chi connectivity index (χ0v) is 20.3. The quantitative estimate of drug-likeness (QED) is 0.351. The van der Waals surface area contributed by atoms with Gasteiger partial charge in [-0.1, -0.05) is 24.3 Å². The second kappa shape index (κ2) is 7.46. The fourth-order valence-electron chi connectivity index (χ4n) is 5.23. The van der Waals surface area contributed by atoms with Crippen molar-refractivity contribution in [2.24, 2.45) is 0 Å². The summed E-state index contributed by atoms with van der Waals surface area (Å²) in [4.78, 5) is 57.0. The molecule has 0 N–H and O–H groups in total. The lowest BCUT2D eigenvalue weighted by atomic mass is 9.85. The van der Waals surface area contributed by atoms with Gasteiger partial charge < -0.3 is 0 Å². The molecule has 2 heterocycles. The largest absolute Gasteiger partial charge is 0.268 e. The van der Waals surface area contributed by atoms with Gasteiger partial charge in [-0.2, -0.15) is 0 Å². The molecule has 2 aliphatic heterocycles. The predicted octanol–water partition coefficient (Wildman–Crippen LogP) is 5.67. The molecule has 0 bridgehead atoms. The van der Waals surface area contributed by atoms with Crippen molar-refractivity contribution in [3.05, 3.63) is 105 Å². The van der Waals surface area contributed by atoms with Crippen LogP contribution in [0.5, 0.6) is 0 Å². The molecule has 0 fully saturated rings. The van der Waals surface area contributed by atoms with Gasteiger partial charge in [-0.25, -0.2) is 9.80 Å². The number of carbonyl (C=O) groups is 4. The maximum Gasteiger partial charge on any atom is 0.265 e. The Kier molecular flexibility index (Phi) is 4.54. The molecule has 0 aromatic heterocycles. The van der Waals surface area contributed by atoms with E-state index >= 15 is 0 Å². The molecule has 6 heteroatoms. The number of carbonyl (C=O) groups excluding carboxylic acids is 4. The van der Waals surface area contributed by atoms with E-state index in [1.165, 1.54) is 9.80 Å². The van der Waals surface area contributed by atoms with Gasteiger partial charge >= 0.3 is 0 Å². The number of hydrogen-bond acceptors (Lipinski definition) is 4. The summed E-state index contributed by atoms with van der Waals surface area (Å²) in [5.74, 6) is -1.88. The number of hydrogen-bond donors (Lipinski definition) is 0. The third kappa shape index (κ3) is 2.84. The summed E-state index contributed by atoms with van der Waals surface area (Å²) in [7, 11) is 0. The first-order valence-electron chi connectivity index (χ1n) is 11.7. The van der Waals surface area contributed by atoms with Crippen LogP contribution in [0.3, 0.4) is 0 Å². The highest BCUT2D eigenvalue weighted by Gasteiger charge is 2.41. The van der Waals surface area contributed by atoms with Gasteiger partial charge in [0.15, 0.2) is 0 Å². The highest BCUT2D eigenvalue weighted by atomic mass is 16.2. The van der Waals surface area contributed by atoms with E-state index in [9.17, 15) is 19.2 Å². The summed E-state index contributed by atoms with van der Waals surface area (Å²) < 4.78 is 0. The predicted molar refractivity (Wildman–Crippen MR) is 138 cm³/mol. The van der Waals surface area contributed by atoms with Gasteiger partial charge in [0.2, 0.25) is 0 Å². The van der Waals surface area contributed by atoms with E-state index in [-0.39, 0.29) is 0 Å². The molecular weight excluding hydrogens is 452 g/mol. The molecule has 0 aliphatic carbocycles. The zero-order chi connectivity index (χ0) is 25.5. The number of imide groups is 2. The van der Waals surface area contributed by atoms with Crippen molar-refractivity contribution in [1.29, 1.82) is 0 Å². The molecule has 0 atom stereocenters. The summed E-state index contributed by atoms with van der Waals surface area (Å²) in [5, 5.41) is 0.729. The zero-order valence-electron chi connectivity index (χ0n) is 20.3. The molecule has 2 aliphatic rings. The van der Waals surface area contributed by atoms with Gasteiger partial charge in [-0.3, -0.25) is 19.2 Å². The van der Waals surface area contributed by atoms with E-state index < -0.39 is 23.6 Å². The van der Waals surface area contributed by atoms with Crippen molar-refractivity contribution >= 4 is 45.8 Å². The minimum atomic E-state index is -0.471. The number of aryl methyl sites for hydroxylation is 4. The Balaban J connectivity index is 1.58. The number of benzene rings is 4. The molecule has 6 nitrogen and oxygen atoms in total. The van der Waals surface area contributed by atoms with Crippen LogP contribution in [-0.4, -0.2) is 23.6 Å². The Morgan fingerprint density at radius 3 is 1.06 bits per heavy atom. The van der Waals surface area contributed by atoms with Crippen LogP contribution in [0.25, 0.3) is 10.8 Å². The molecule has 4 aromatic rings. The van der Waals surface area contributed by atoms with E-state index in [0.29, 0.717) is 44.4 Å². The topological polar surface area (TPSA) is 74.8 Å². The number of nitrogens with zero attached hydrogens (tertiary/aromatic N) is 2. The summed E-state index contributed by atoms with van der Waals surface area (Å²) in [6.45, 7) is 7.51. The van der Waals surface area contributed by atoms with Crippen LogP contribution in [0, 0.1) is 27.7 Å². The Morgan fingerprint density at radius 1 is 0.444 bits per heavy atom. The molecule has 6 rings (SSSR count). The Morgan fingerprint density at radius 2 is 0.750 bits per heavy atom. The minimum absolute atomic E-state index is 0.298. The maximum atomic E-state index is 13.7. The first-order valence-corrected chi connectivity index (χ1v) is 11.7. The summed E-state index contributed by atoms with van der Waals surface area (Å²) >= 11 is 0. The van der Waals surface area contributed by atoms with Crippen molar-refractivity contribution in [2.45, 2.75) is 27.7 Å².